The van der Waals surface area contributed by atoms with Gasteiger partial charge in [0.1, 0.15) is 5.75 Å². The Morgan fingerprint density at radius 2 is 1.89 bits per heavy atom. The standard InChI is InChI=1S/C14H16N2O2/c1-9(14(17)16-15)10-3-4-12-8-13(18-2)6-5-11(12)7-10/h3-9H,15H2,1-2H3,(H,16,17)/t9-/m1/s1. The Balaban J connectivity index is 2.42. The minimum absolute atomic E-state index is 0.192. The van der Waals surface area contributed by atoms with Gasteiger partial charge in [-0.2, -0.15) is 0 Å². The van der Waals surface area contributed by atoms with Crippen LogP contribution < -0.4 is 16.0 Å². The average molecular weight is 244 g/mol. The second-order valence-electron chi connectivity index (χ2n) is 4.20. The molecular weight excluding hydrogens is 228 g/mol. The molecule has 0 unspecified atom stereocenters. The Hall–Kier alpha value is -2.07. The number of carbonyl (C=O) groups excluding carboxylic acids is 1. The molecule has 2 aromatic rings. The van der Waals surface area contributed by atoms with Crippen LogP contribution in [0.2, 0.25) is 0 Å². The molecule has 0 heterocycles. The highest BCUT2D eigenvalue weighted by atomic mass is 16.5. The molecule has 2 aromatic carbocycles. The number of amides is 1. The maximum absolute atomic E-state index is 11.5. The van der Waals surface area contributed by atoms with Crippen molar-refractivity contribution in [1.82, 2.24) is 5.43 Å². The molecule has 0 aliphatic rings. The summed E-state index contributed by atoms with van der Waals surface area (Å²) in [5.74, 6) is 5.51. The van der Waals surface area contributed by atoms with Crippen LogP contribution in [-0.2, 0) is 4.79 Å². The summed E-state index contributed by atoms with van der Waals surface area (Å²) in [7, 11) is 1.64. The Kier molecular flexibility index (Phi) is 3.48. The smallest absolute Gasteiger partial charge is 0.241 e. The van der Waals surface area contributed by atoms with Crippen molar-refractivity contribution in [1.29, 1.82) is 0 Å². The maximum Gasteiger partial charge on any atom is 0.241 e. The summed E-state index contributed by atoms with van der Waals surface area (Å²) in [6.45, 7) is 1.83. The van der Waals surface area contributed by atoms with E-state index in [2.05, 4.69) is 5.43 Å². The molecule has 3 N–H and O–H groups in total. The van der Waals surface area contributed by atoms with Gasteiger partial charge in [-0.3, -0.25) is 10.2 Å². The van der Waals surface area contributed by atoms with Crippen LogP contribution in [0.1, 0.15) is 18.4 Å². The van der Waals surface area contributed by atoms with Crippen LogP contribution in [0.5, 0.6) is 5.75 Å². The van der Waals surface area contributed by atoms with Crippen molar-refractivity contribution < 1.29 is 9.53 Å². The number of nitrogens with two attached hydrogens (primary N) is 1. The third-order valence-corrected chi connectivity index (χ3v) is 3.11. The lowest BCUT2D eigenvalue weighted by molar-refractivity contribution is -0.122. The predicted octanol–water partition coefficient (Wildman–Crippen LogP) is 1.94. The highest BCUT2D eigenvalue weighted by Crippen LogP contribution is 2.25. The van der Waals surface area contributed by atoms with E-state index < -0.39 is 0 Å². The van der Waals surface area contributed by atoms with E-state index in [0.717, 1.165) is 22.1 Å². The van der Waals surface area contributed by atoms with Crippen LogP contribution in [0.15, 0.2) is 36.4 Å². The van der Waals surface area contributed by atoms with E-state index in [4.69, 9.17) is 10.6 Å². The van der Waals surface area contributed by atoms with Gasteiger partial charge in [-0.1, -0.05) is 24.3 Å². The predicted molar refractivity (Wildman–Crippen MR) is 71.2 cm³/mol. The van der Waals surface area contributed by atoms with Crippen LogP contribution >= 0.6 is 0 Å². The summed E-state index contributed by atoms with van der Waals surface area (Å²) < 4.78 is 5.17. The Bertz CT molecular complexity index is 581. The normalized spacial score (nSPS) is 12.2. The van der Waals surface area contributed by atoms with Gasteiger partial charge in [0.25, 0.3) is 0 Å². The lowest BCUT2D eigenvalue weighted by Crippen LogP contribution is -2.33. The molecule has 18 heavy (non-hydrogen) atoms. The minimum Gasteiger partial charge on any atom is -0.497 e. The number of hydrazine groups is 1. The summed E-state index contributed by atoms with van der Waals surface area (Å²) in [5, 5.41) is 2.16. The topological polar surface area (TPSA) is 64.3 Å². The van der Waals surface area contributed by atoms with Gasteiger partial charge in [0, 0.05) is 0 Å². The van der Waals surface area contributed by atoms with Crippen molar-refractivity contribution in [2.24, 2.45) is 5.84 Å². The maximum atomic E-state index is 11.5. The van der Waals surface area contributed by atoms with E-state index in [9.17, 15) is 4.79 Å². The van der Waals surface area contributed by atoms with Gasteiger partial charge in [0.15, 0.2) is 0 Å². The molecule has 0 fully saturated rings. The highest BCUT2D eigenvalue weighted by Gasteiger charge is 2.14. The fourth-order valence-corrected chi connectivity index (χ4v) is 1.91. The molecule has 0 radical (unpaired) electrons. The molecule has 0 bridgehead atoms. The van der Waals surface area contributed by atoms with E-state index in [1.165, 1.54) is 0 Å². The summed E-state index contributed by atoms with van der Waals surface area (Å²) in [5.41, 5.74) is 3.11. The molecule has 1 amide bonds. The zero-order valence-electron chi connectivity index (χ0n) is 10.4. The third-order valence-electron chi connectivity index (χ3n) is 3.11. The lowest BCUT2D eigenvalue weighted by Gasteiger charge is -2.11. The summed E-state index contributed by atoms with van der Waals surface area (Å²) in [4.78, 5) is 11.5. The number of hydrogen-bond acceptors (Lipinski definition) is 3. The average Bonchev–Trinajstić information content (AvgIpc) is 2.44. The van der Waals surface area contributed by atoms with E-state index in [1.54, 1.807) is 7.11 Å². The van der Waals surface area contributed by atoms with Crippen molar-refractivity contribution in [2.45, 2.75) is 12.8 Å². The zero-order chi connectivity index (χ0) is 13.1. The van der Waals surface area contributed by atoms with E-state index in [0.29, 0.717) is 0 Å². The Morgan fingerprint density at radius 3 is 2.56 bits per heavy atom. The fourth-order valence-electron chi connectivity index (χ4n) is 1.91. The number of methoxy groups -OCH3 is 1. The highest BCUT2D eigenvalue weighted by molar-refractivity contribution is 5.88. The number of ether oxygens (including phenoxy) is 1. The number of carbonyl (C=O) groups is 1. The van der Waals surface area contributed by atoms with Crippen LogP contribution in [-0.4, -0.2) is 13.0 Å². The largest absolute Gasteiger partial charge is 0.497 e. The zero-order valence-corrected chi connectivity index (χ0v) is 10.4. The quantitative estimate of drug-likeness (QED) is 0.492. The fraction of sp³-hybridized carbons (Fsp3) is 0.214. The number of nitrogens with one attached hydrogen (secondary N) is 1. The van der Waals surface area contributed by atoms with Crippen LogP contribution in [0.4, 0.5) is 0 Å². The number of fused-ring (bicyclic) bond motifs is 1. The van der Waals surface area contributed by atoms with Crippen molar-refractivity contribution in [3.05, 3.63) is 42.0 Å². The van der Waals surface area contributed by atoms with Gasteiger partial charge in [-0.25, -0.2) is 5.84 Å². The second kappa shape index (κ2) is 5.06. The molecule has 0 saturated carbocycles. The van der Waals surface area contributed by atoms with Gasteiger partial charge >= 0.3 is 0 Å². The van der Waals surface area contributed by atoms with E-state index in [1.807, 2.05) is 43.3 Å². The van der Waals surface area contributed by atoms with E-state index in [-0.39, 0.29) is 11.8 Å². The Morgan fingerprint density at radius 1 is 1.22 bits per heavy atom. The molecule has 0 aromatic heterocycles. The summed E-state index contributed by atoms with van der Waals surface area (Å²) >= 11 is 0. The van der Waals surface area contributed by atoms with Crippen LogP contribution in [0.25, 0.3) is 10.8 Å². The first-order valence-electron chi connectivity index (χ1n) is 5.74. The number of benzene rings is 2. The number of hydrogen-bond donors (Lipinski definition) is 2. The molecule has 0 aliphatic heterocycles. The van der Waals surface area contributed by atoms with Gasteiger partial charge in [-0.15, -0.1) is 0 Å². The first-order valence-corrected chi connectivity index (χ1v) is 5.74. The Labute approximate surface area is 106 Å². The van der Waals surface area contributed by atoms with Crippen molar-refractivity contribution in [2.75, 3.05) is 7.11 Å². The molecule has 2 rings (SSSR count). The van der Waals surface area contributed by atoms with Crippen molar-refractivity contribution in [3.63, 3.8) is 0 Å². The lowest BCUT2D eigenvalue weighted by atomic mass is 9.97. The van der Waals surface area contributed by atoms with Gasteiger partial charge < -0.3 is 4.74 Å². The van der Waals surface area contributed by atoms with Crippen LogP contribution in [0, 0.1) is 0 Å². The van der Waals surface area contributed by atoms with Crippen molar-refractivity contribution in [3.8, 4) is 5.75 Å². The SMILES string of the molecule is COc1ccc2cc([C@@H](C)C(=O)NN)ccc2c1. The number of rotatable bonds is 3. The molecule has 4 nitrogen and oxygen atoms in total. The molecular formula is C14H16N2O2. The first-order chi connectivity index (χ1) is 8.65. The van der Waals surface area contributed by atoms with Gasteiger partial charge in [0.05, 0.1) is 13.0 Å². The summed E-state index contributed by atoms with van der Waals surface area (Å²) in [6.07, 6.45) is 0. The van der Waals surface area contributed by atoms with E-state index >= 15 is 0 Å². The molecule has 0 aliphatic carbocycles. The monoisotopic (exact) mass is 244 g/mol. The van der Waals surface area contributed by atoms with Crippen molar-refractivity contribution >= 4 is 16.7 Å². The second-order valence-corrected chi connectivity index (χ2v) is 4.20. The first kappa shape index (κ1) is 12.4. The molecule has 4 heteroatoms. The van der Waals surface area contributed by atoms with Gasteiger partial charge in [0.2, 0.25) is 5.91 Å². The molecule has 94 valence electrons. The molecule has 1 atom stereocenters. The minimum atomic E-state index is -0.262. The third kappa shape index (κ3) is 2.28. The van der Waals surface area contributed by atoms with Gasteiger partial charge in [-0.05, 0) is 35.4 Å². The molecule has 0 saturated heterocycles. The summed E-state index contributed by atoms with van der Waals surface area (Å²) in [6, 6.07) is 11.8. The molecule has 0 spiro atoms. The van der Waals surface area contributed by atoms with Crippen LogP contribution in [0.3, 0.4) is 0 Å².